The second-order valence-electron chi connectivity index (χ2n) is 5.69. The molecule has 0 fully saturated rings. The van der Waals surface area contributed by atoms with Crippen LogP contribution in [-0.4, -0.2) is 49.6 Å². The van der Waals surface area contributed by atoms with Gasteiger partial charge in [-0.3, -0.25) is 4.90 Å². The van der Waals surface area contributed by atoms with Crippen molar-refractivity contribution in [2.45, 2.75) is 32.4 Å². The van der Waals surface area contributed by atoms with E-state index in [0.29, 0.717) is 6.04 Å². The molecule has 0 amide bonds. The molecule has 0 aromatic heterocycles. The zero-order valence-electron chi connectivity index (χ0n) is 13.1. The number of likely N-dealkylation sites (N-methyl/N-ethyl adjacent to an activating group) is 2. The summed E-state index contributed by atoms with van der Waals surface area (Å²) in [6.07, 6.45) is 0.950. The molecule has 0 aliphatic rings. The average Bonchev–Trinajstić information content (AvgIpc) is 2.38. The van der Waals surface area contributed by atoms with E-state index in [4.69, 9.17) is 17.3 Å². The van der Waals surface area contributed by atoms with E-state index in [-0.39, 0.29) is 6.04 Å². The number of hydrogen-bond acceptors (Lipinski definition) is 3. The Morgan fingerprint density at radius 3 is 2.55 bits per heavy atom. The molecule has 0 heterocycles. The third-order valence-electron chi connectivity index (χ3n) is 3.66. The highest BCUT2D eigenvalue weighted by Gasteiger charge is 2.15. The number of halogens is 1. The van der Waals surface area contributed by atoms with Gasteiger partial charge < -0.3 is 10.6 Å². The van der Waals surface area contributed by atoms with Gasteiger partial charge in [0, 0.05) is 30.2 Å². The molecule has 20 heavy (non-hydrogen) atoms. The van der Waals surface area contributed by atoms with Gasteiger partial charge in [0.2, 0.25) is 0 Å². The highest BCUT2D eigenvalue weighted by molar-refractivity contribution is 6.30. The second kappa shape index (κ2) is 8.63. The number of nitrogens with two attached hydrogens (primary N) is 1. The Morgan fingerprint density at radius 1 is 1.30 bits per heavy atom. The lowest BCUT2D eigenvalue weighted by molar-refractivity contribution is 0.176. The zero-order valence-corrected chi connectivity index (χ0v) is 13.9. The predicted molar refractivity (Wildman–Crippen MR) is 88.3 cm³/mol. The molecule has 0 saturated carbocycles. The fourth-order valence-corrected chi connectivity index (χ4v) is 2.74. The van der Waals surface area contributed by atoms with Crippen molar-refractivity contribution in [1.29, 1.82) is 0 Å². The Hall–Kier alpha value is -0.610. The SMILES string of the molecule is CCN(CCC(N)c1cccc(Cl)c1)C(C)CN(C)C. The van der Waals surface area contributed by atoms with Crippen molar-refractivity contribution in [3.8, 4) is 0 Å². The molecule has 2 atom stereocenters. The van der Waals surface area contributed by atoms with Crippen LogP contribution in [0, 0.1) is 0 Å². The smallest absolute Gasteiger partial charge is 0.0409 e. The van der Waals surface area contributed by atoms with Gasteiger partial charge in [-0.1, -0.05) is 30.7 Å². The Kier molecular flexibility index (Phi) is 7.52. The first-order valence-electron chi connectivity index (χ1n) is 7.33. The van der Waals surface area contributed by atoms with Gasteiger partial charge in [-0.05, 0) is 51.7 Å². The van der Waals surface area contributed by atoms with Crippen LogP contribution in [0.4, 0.5) is 0 Å². The van der Waals surface area contributed by atoms with Crippen molar-refractivity contribution in [1.82, 2.24) is 9.80 Å². The van der Waals surface area contributed by atoms with Crippen molar-refractivity contribution in [2.24, 2.45) is 5.73 Å². The normalized spacial score (nSPS) is 14.8. The molecule has 2 unspecified atom stereocenters. The summed E-state index contributed by atoms with van der Waals surface area (Å²) in [5.41, 5.74) is 7.39. The van der Waals surface area contributed by atoms with E-state index in [2.05, 4.69) is 43.8 Å². The van der Waals surface area contributed by atoms with Gasteiger partial charge in [-0.2, -0.15) is 0 Å². The Morgan fingerprint density at radius 2 is 2.00 bits per heavy atom. The lowest BCUT2D eigenvalue weighted by Crippen LogP contribution is -2.41. The van der Waals surface area contributed by atoms with Gasteiger partial charge in [0.15, 0.2) is 0 Å². The second-order valence-corrected chi connectivity index (χ2v) is 6.13. The lowest BCUT2D eigenvalue weighted by atomic mass is 10.0. The summed E-state index contributed by atoms with van der Waals surface area (Å²) >= 11 is 6.02. The van der Waals surface area contributed by atoms with Crippen LogP contribution < -0.4 is 5.73 Å². The van der Waals surface area contributed by atoms with Crippen molar-refractivity contribution in [2.75, 3.05) is 33.7 Å². The molecule has 0 aliphatic heterocycles. The molecule has 0 aliphatic carbocycles. The van der Waals surface area contributed by atoms with Crippen molar-refractivity contribution >= 4 is 11.6 Å². The Bertz CT molecular complexity index is 395. The summed E-state index contributed by atoms with van der Waals surface area (Å²) in [5.74, 6) is 0. The molecule has 0 bridgehead atoms. The molecule has 1 aromatic rings. The molecule has 2 N–H and O–H groups in total. The largest absolute Gasteiger partial charge is 0.324 e. The summed E-state index contributed by atoms with van der Waals surface area (Å²) in [7, 11) is 4.23. The molecule has 0 spiro atoms. The van der Waals surface area contributed by atoms with Gasteiger partial charge in [0.1, 0.15) is 0 Å². The highest BCUT2D eigenvalue weighted by atomic mass is 35.5. The maximum Gasteiger partial charge on any atom is 0.0409 e. The van der Waals surface area contributed by atoms with Crippen LogP contribution in [0.5, 0.6) is 0 Å². The minimum atomic E-state index is 0.0503. The fourth-order valence-electron chi connectivity index (χ4n) is 2.54. The first-order valence-corrected chi connectivity index (χ1v) is 7.71. The summed E-state index contributed by atoms with van der Waals surface area (Å²) < 4.78 is 0. The molecule has 1 aromatic carbocycles. The van der Waals surface area contributed by atoms with Gasteiger partial charge in [0.25, 0.3) is 0 Å². The third kappa shape index (κ3) is 5.80. The van der Waals surface area contributed by atoms with Crippen LogP contribution in [0.25, 0.3) is 0 Å². The minimum absolute atomic E-state index is 0.0503. The zero-order chi connectivity index (χ0) is 15.1. The maximum absolute atomic E-state index is 6.27. The van der Waals surface area contributed by atoms with Gasteiger partial charge in [-0.25, -0.2) is 0 Å². The van der Waals surface area contributed by atoms with Gasteiger partial charge in [-0.15, -0.1) is 0 Å². The van der Waals surface area contributed by atoms with E-state index in [1.165, 1.54) is 0 Å². The quantitative estimate of drug-likeness (QED) is 0.800. The topological polar surface area (TPSA) is 32.5 Å². The minimum Gasteiger partial charge on any atom is -0.324 e. The van der Waals surface area contributed by atoms with E-state index in [9.17, 15) is 0 Å². The van der Waals surface area contributed by atoms with Crippen LogP contribution >= 0.6 is 11.6 Å². The molecule has 4 heteroatoms. The number of hydrogen-bond donors (Lipinski definition) is 1. The van der Waals surface area contributed by atoms with E-state index in [1.807, 2.05) is 18.2 Å². The number of nitrogens with zero attached hydrogens (tertiary/aromatic N) is 2. The molecular weight excluding hydrogens is 270 g/mol. The Labute approximate surface area is 128 Å². The van der Waals surface area contributed by atoms with Crippen LogP contribution in [0.15, 0.2) is 24.3 Å². The van der Waals surface area contributed by atoms with Gasteiger partial charge in [0.05, 0.1) is 0 Å². The van der Waals surface area contributed by atoms with Crippen LogP contribution in [-0.2, 0) is 0 Å². The molecule has 1 rings (SSSR count). The maximum atomic E-state index is 6.27. The molecule has 3 nitrogen and oxygen atoms in total. The average molecular weight is 298 g/mol. The first-order chi connectivity index (χ1) is 9.43. The monoisotopic (exact) mass is 297 g/mol. The summed E-state index contributed by atoms with van der Waals surface area (Å²) in [6, 6.07) is 8.46. The number of rotatable bonds is 8. The highest BCUT2D eigenvalue weighted by Crippen LogP contribution is 2.19. The molecule has 0 saturated heterocycles. The fraction of sp³-hybridized carbons (Fsp3) is 0.625. The van der Waals surface area contributed by atoms with Crippen molar-refractivity contribution < 1.29 is 0 Å². The predicted octanol–water partition coefficient (Wildman–Crippen LogP) is 3.00. The van der Waals surface area contributed by atoms with Crippen LogP contribution in [0.1, 0.15) is 31.9 Å². The van der Waals surface area contributed by atoms with E-state index in [1.54, 1.807) is 0 Å². The molecule has 114 valence electrons. The summed E-state index contributed by atoms with van der Waals surface area (Å²) in [6.45, 7) is 7.61. The van der Waals surface area contributed by atoms with Gasteiger partial charge >= 0.3 is 0 Å². The summed E-state index contributed by atoms with van der Waals surface area (Å²) in [5, 5.41) is 0.756. The van der Waals surface area contributed by atoms with Crippen LogP contribution in [0.2, 0.25) is 5.02 Å². The van der Waals surface area contributed by atoms with E-state index >= 15 is 0 Å². The number of benzene rings is 1. The summed E-state index contributed by atoms with van der Waals surface area (Å²) in [4.78, 5) is 4.70. The lowest BCUT2D eigenvalue weighted by Gasteiger charge is -2.30. The van der Waals surface area contributed by atoms with E-state index in [0.717, 1.165) is 36.6 Å². The van der Waals surface area contributed by atoms with Crippen molar-refractivity contribution in [3.05, 3.63) is 34.9 Å². The first kappa shape index (κ1) is 17.4. The van der Waals surface area contributed by atoms with Crippen LogP contribution in [0.3, 0.4) is 0 Å². The van der Waals surface area contributed by atoms with E-state index < -0.39 is 0 Å². The van der Waals surface area contributed by atoms with Crippen molar-refractivity contribution in [3.63, 3.8) is 0 Å². The molecular formula is C16H28ClN3. The third-order valence-corrected chi connectivity index (χ3v) is 3.90. The standard InChI is InChI=1S/C16H28ClN3/c1-5-20(13(2)12-19(3)4)10-9-16(18)14-7-6-8-15(17)11-14/h6-8,11,13,16H,5,9-10,12,18H2,1-4H3. The Balaban J connectivity index is 2.51. The molecule has 0 radical (unpaired) electrons.